The topological polar surface area (TPSA) is 86.8 Å². The van der Waals surface area contributed by atoms with E-state index in [1.54, 1.807) is 30.3 Å². The van der Waals surface area contributed by atoms with Gasteiger partial charge in [0.2, 0.25) is 21.8 Å². The maximum absolute atomic E-state index is 13.3. The highest BCUT2D eigenvalue weighted by atomic mass is 32.2. The van der Waals surface area contributed by atoms with Crippen molar-refractivity contribution in [2.24, 2.45) is 0 Å². The molecule has 0 unspecified atom stereocenters. The molecule has 180 valence electrons. The summed E-state index contributed by atoms with van der Waals surface area (Å²) in [5, 5.41) is 2.59. The Bertz CT molecular complexity index is 1060. The summed E-state index contributed by atoms with van der Waals surface area (Å²) in [5.41, 5.74) is 2.17. The fourth-order valence-corrected chi connectivity index (χ4v) is 4.62. The number of halogens is 1. The lowest BCUT2D eigenvalue weighted by molar-refractivity contribution is -0.141. The standard InChI is InChI=1S/C24H32FN3O4S/c1-5-22(24(30)26-3)27(17-19-11-13-20(25)14-12-19)23(29)10-7-15-28(33(4,31)32)21-9-6-8-18(2)16-21/h6,8-9,11-14,16,22H,5,7,10,15,17H2,1-4H3,(H,26,30)/t22-/m1/s1. The summed E-state index contributed by atoms with van der Waals surface area (Å²) < 4.78 is 39.3. The Morgan fingerprint density at radius 1 is 1.12 bits per heavy atom. The summed E-state index contributed by atoms with van der Waals surface area (Å²) in [6, 6.07) is 12.3. The van der Waals surface area contributed by atoms with Gasteiger partial charge in [-0.2, -0.15) is 0 Å². The quantitative estimate of drug-likeness (QED) is 0.538. The maximum atomic E-state index is 13.3. The molecule has 2 aromatic carbocycles. The van der Waals surface area contributed by atoms with Crippen molar-refractivity contribution >= 4 is 27.5 Å². The van der Waals surface area contributed by atoms with Gasteiger partial charge >= 0.3 is 0 Å². The summed E-state index contributed by atoms with van der Waals surface area (Å²) >= 11 is 0. The van der Waals surface area contributed by atoms with Crippen molar-refractivity contribution in [3.63, 3.8) is 0 Å². The molecule has 7 nitrogen and oxygen atoms in total. The van der Waals surface area contributed by atoms with Crippen LogP contribution in [0, 0.1) is 12.7 Å². The Hall–Kier alpha value is -2.94. The van der Waals surface area contributed by atoms with E-state index < -0.39 is 16.1 Å². The Labute approximate surface area is 195 Å². The van der Waals surface area contributed by atoms with E-state index in [4.69, 9.17) is 0 Å². The second-order valence-electron chi connectivity index (χ2n) is 7.96. The van der Waals surface area contributed by atoms with Crippen molar-refractivity contribution in [1.29, 1.82) is 0 Å². The van der Waals surface area contributed by atoms with E-state index in [1.807, 2.05) is 19.9 Å². The molecular formula is C24H32FN3O4S. The Balaban J connectivity index is 2.18. The number of likely N-dealkylation sites (N-methyl/N-ethyl adjacent to an activating group) is 1. The zero-order chi connectivity index (χ0) is 24.6. The second-order valence-corrected chi connectivity index (χ2v) is 9.87. The number of hydrogen-bond donors (Lipinski definition) is 1. The molecule has 2 aromatic rings. The minimum atomic E-state index is -3.54. The fraction of sp³-hybridized carbons (Fsp3) is 0.417. The second kappa shape index (κ2) is 11.8. The first-order valence-electron chi connectivity index (χ1n) is 10.9. The van der Waals surface area contributed by atoms with Gasteiger partial charge in [0.15, 0.2) is 0 Å². The third kappa shape index (κ3) is 7.56. The number of hydrogen-bond acceptors (Lipinski definition) is 4. The average molecular weight is 478 g/mol. The van der Waals surface area contributed by atoms with E-state index in [2.05, 4.69) is 5.32 Å². The molecule has 1 N–H and O–H groups in total. The number of nitrogens with zero attached hydrogens (tertiary/aromatic N) is 2. The molecule has 0 heterocycles. The average Bonchev–Trinajstić information content (AvgIpc) is 2.76. The Kier molecular flexibility index (Phi) is 9.40. The zero-order valence-corrected chi connectivity index (χ0v) is 20.4. The minimum absolute atomic E-state index is 0.0620. The van der Waals surface area contributed by atoms with E-state index in [-0.39, 0.29) is 43.6 Å². The third-order valence-corrected chi connectivity index (χ3v) is 6.53. The van der Waals surface area contributed by atoms with Crippen LogP contribution in [0.1, 0.15) is 37.3 Å². The number of aryl methyl sites for hydroxylation is 1. The van der Waals surface area contributed by atoms with Crippen LogP contribution in [0.25, 0.3) is 0 Å². The predicted molar refractivity (Wildman–Crippen MR) is 128 cm³/mol. The van der Waals surface area contributed by atoms with Gasteiger partial charge in [0, 0.05) is 26.6 Å². The summed E-state index contributed by atoms with van der Waals surface area (Å²) in [5.74, 6) is -0.940. The number of anilines is 1. The van der Waals surface area contributed by atoms with Crippen molar-refractivity contribution in [2.75, 3.05) is 24.2 Å². The monoisotopic (exact) mass is 477 g/mol. The predicted octanol–water partition coefficient (Wildman–Crippen LogP) is 3.23. The summed E-state index contributed by atoms with van der Waals surface area (Å²) in [4.78, 5) is 27.0. The summed E-state index contributed by atoms with van der Waals surface area (Å²) in [7, 11) is -2.02. The van der Waals surface area contributed by atoms with Crippen LogP contribution in [-0.2, 0) is 26.2 Å². The molecule has 2 amide bonds. The smallest absolute Gasteiger partial charge is 0.242 e. The molecule has 9 heteroatoms. The molecular weight excluding hydrogens is 445 g/mol. The van der Waals surface area contributed by atoms with Crippen LogP contribution >= 0.6 is 0 Å². The number of rotatable bonds is 11. The lowest BCUT2D eigenvalue weighted by atomic mass is 10.1. The highest BCUT2D eigenvalue weighted by Gasteiger charge is 2.28. The third-order valence-electron chi connectivity index (χ3n) is 5.34. The highest BCUT2D eigenvalue weighted by molar-refractivity contribution is 7.92. The van der Waals surface area contributed by atoms with Gasteiger partial charge in [-0.1, -0.05) is 31.2 Å². The number of carbonyl (C=O) groups is 2. The molecule has 0 fully saturated rings. The summed E-state index contributed by atoms with van der Waals surface area (Å²) in [6.07, 6.45) is 1.89. The highest BCUT2D eigenvalue weighted by Crippen LogP contribution is 2.20. The molecule has 0 spiro atoms. The van der Waals surface area contributed by atoms with E-state index in [9.17, 15) is 22.4 Å². The van der Waals surface area contributed by atoms with E-state index in [0.29, 0.717) is 17.7 Å². The number of amides is 2. The van der Waals surface area contributed by atoms with Gasteiger partial charge in [0.1, 0.15) is 11.9 Å². The molecule has 0 saturated carbocycles. The van der Waals surface area contributed by atoms with Crippen molar-refractivity contribution in [3.05, 3.63) is 65.5 Å². The summed E-state index contributed by atoms with van der Waals surface area (Å²) in [6.45, 7) is 3.98. The van der Waals surface area contributed by atoms with Crippen LogP contribution in [-0.4, -0.2) is 51.0 Å². The van der Waals surface area contributed by atoms with Gasteiger partial charge < -0.3 is 10.2 Å². The molecule has 0 aliphatic rings. The molecule has 1 atom stereocenters. The fourth-order valence-electron chi connectivity index (χ4n) is 3.66. The van der Waals surface area contributed by atoms with Gasteiger partial charge in [-0.15, -0.1) is 0 Å². The maximum Gasteiger partial charge on any atom is 0.242 e. The van der Waals surface area contributed by atoms with Crippen LogP contribution in [0.15, 0.2) is 48.5 Å². The van der Waals surface area contributed by atoms with Crippen LogP contribution in [0.3, 0.4) is 0 Å². The van der Waals surface area contributed by atoms with Gasteiger partial charge in [0.25, 0.3) is 0 Å². The van der Waals surface area contributed by atoms with Gasteiger partial charge in [0.05, 0.1) is 11.9 Å². The van der Waals surface area contributed by atoms with Gasteiger partial charge in [-0.3, -0.25) is 13.9 Å². The number of sulfonamides is 1. The van der Waals surface area contributed by atoms with Crippen LogP contribution in [0.4, 0.5) is 10.1 Å². The molecule has 0 radical (unpaired) electrons. The van der Waals surface area contributed by atoms with E-state index >= 15 is 0 Å². The van der Waals surface area contributed by atoms with E-state index in [1.165, 1.54) is 28.4 Å². The largest absolute Gasteiger partial charge is 0.357 e. The first kappa shape index (κ1) is 26.3. The molecule has 0 aliphatic heterocycles. The van der Waals surface area contributed by atoms with E-state index in [0.717, 1.165) is 11.8 Å². The first-order chi connectivity index (χ1) is 15.6. The molecule has 2 rings (SSSR count). The SMILES string of the molecule is CC[C@H](C(=O)NC)N(Cc1ccc(F)cc1)C(=O)CCCN(c1cccc(C)c1)S(C)(=O)=O. The van der Waals surface area contributed by atoms with Crippen LogP contribution in [0.2, 0.25) is 0 Å². The Morgan fingerprint density at radius 2 is 1.79 bits per heavy atom. The van der Waals surface area contributed by atoms with Gasteiger partial charge in [-0.05, 0) is 55.2 Å². The van der Waals surface area contributed by atoms with Crippen molar-refractivity contribution in [1.82, 2.24) is 10.2 Å². The van der Waals surface area contributed by atoms with Crippen LogP contribution in [0.5, 0.6) is 0 Å². The lowest BCUT2D eigenvalue weighted by Crippen LogP contribution is -2.48. The van der Waals surface area contributed by atoms with Crippen molar-refractivity contribution < 1.29 is 22.4 Å². The minimum Gasteiger partial charge on any atom is -0.357 e. The number of carbonyl (C=O) groups excluding carboxylic acids is 2. The normalized spacial score (nSPS) is 12.2. The zero-order valence-electron chi connectivity index (χ0n) is 19.5. The van der Waals surface area contributed by atoms with Gasteiger partial charge in [-0.25, -0.2) is 12.8 Å². The molecule has 0 bridgehead atoms. The first-order valence-corrected chi connectivity index (χ1v) is 12.7. The van der Waals surface area contributed by atoms with Crippen molar-refractivity contribution in [2.45, 2.75) is 45.7 Å². The van der Waals surface area contributed by atoms with Crippen LogP contribution < -0.4 is 9.62 Å². The lowest BCUT2D eigenvalue weighted by Gasteiger charge is -2.30. The van der Waals surface area contributed by atoms with Crippen molar-refractivity contribution in [3.8, 4) is 0 Å². The molecule has 0 aliphatic carbocycles. The molecule has 0 aromatic heterocycles. The number of nitrogens with one attached hydrogen (secondary N) is 1. The number of benzene rings is 2. The molecule has 33 heavy (non-hydrogen) atoms. The molecule has 0 saturated heterocycles. The Morgan fingerprint density at radius 3 is 2.33 bits per heavy atom.